The van der Waals surface area contributed by atoms with Crippen molar-refractivity contribution in [1.29, 1.82) is 0 Å². The maximum absolute atomic E-state index is 10.2. The molecule has 0 amide bonds. The number of hydrogen-bond donors (Lipinski definition) is 3. The third-order valence-corrected chi connectivity index (χ3v) is 1.06. The number of aliphatic carboxylic acids is 2. The summed E-state index contributed by atoms with van der Waals surface area (Å²) < 4.78 is 4.31. The van der Waals surface area contributed by atoms with Gasteiger partial charge >= 0.3 is 17.9 Å². The van der Waals surface area contributed by atoms with Gasteiger partial charge in [-0.25, -0.2) is 4.79 Å². The molecule has 0 aromatic heterocycles. The first-order chi connectivity index (χ1) is 7.31. The number of ether oxygens (including phenoxy) is 1. The molecule has 0 aliphatic rings. The third-order valence-electron chi connectivity index (χ3n) is 1.06. The van der Waals surface area contributed by atoms with Gasteiger partial charge in [0.15, 0.2) is 5.76 Å². The number of carboxylic acids is 2. The van der Waals surface area contributed by atoms with E-state index in [1.54, 1.807) is 6.92 Å². The molecule has 0 aliphatic carbocycles. The standard InChI is InChI=1S/C5H8O3.C4H6O4/c1-3-8-5(7)4(2)6;5-3(6)1-2-4(7)8/h6H,2-3H2,1H3;1-2H2,(H,5,6)(H,7,8). The Hall–Kier alpha value is -2.05. The van der Waals surface area contributed by atoms with Gasteiger partial charge in [-0.3, -0.25) is 9.59 Å². The molecule has 0 atom stereocenters. The molecule has 0 spiro atoms. The molecular weight excluding hydrogens is 220 g/mol. The average Bonchev–Trinajstić information content (AvgIpc) is 2.16. The number of hydrogen-bond acceptors (Lipinski definition) is 5. The van der Waals surface area contributed by atoms with Crippen LogP contribution < -0.4 is 0 Å². The van der Waals surface area contributed by atoms with E-state index in [0.29, 0.717) is 0 Å². The summed E-state index contributed by atoms with van der Waals surface area (Å²) in [6.45, 7) is 4.87. The van der Waals surface area contributed by atoms with Crippen LogP contribution in [-0.4, -0.2) is 39.8 Å². The summed E-state index contributed by atoms with van der Waals surface area (Å²) in [6.07, 6.45) is -0.593. The second-order valence-electron chi connectivity index (χ2n) is 2.45. The zero-order chi connectivity index (χ0) is 13.1. The first-order valence-electron chi connectivity index (χ1n) is 4.29. The zero-order valence-electron chi connectivity index (χ0n) is 8.80. The van der Waals surface area contributed by atoms with Gasteiger partial charge in [-0.2, -0.15) is 0 Å². The lowest BCUT2D eigenvalue weighted by atomic mass is 10.3. The molecule has 0 aliphatic heterocycles. The number of aliphatic hydroxyl groups excluding tert-OH is 1. The molecule has 0 radical (unpaired) electrons. The van der Waals surface area contributed by atoms with Gasteiger partial charge in [-0.1, -0.05) is 0 Å². The normalized spacial score (nSPS) is 8.31. The quantitative estimate of drug-likeness (QED) is 0.361. The minimum Gasteiger partial charge on any atom is -0.502 e. The molecule has 0 fully saturated rings. The highest BCUT2D eigenvalue weighted by Gasteiger charge is 2.02. The highest BCUT2D eigenvalue weighted by atomic mass is 16.5. The Balaban J connectivity index is 0. The molecule has 0 saturated carbocycles. The van der Waals surface area contributed by atoms with Crippen LogP contribution in [0.5, 0.6) is 0 Å². The first-order valence-corrected chi connectivity index (χ1v) is 4.29. The lowest BCUT2D eigenvalue weighted by molar-refractivity contribution is -0.143. The van der Waals surface area contributed by atoms with Crippen molar-refractivity contribution in [2.75, 3.05) is 6.61 Å². The lowest BCUT2D eigenvalue weighted by Gasteiger charge is -1.95. The molecule has 16 heavy (non-hydrogen) atoms. The lowest BCUT2D eigenvalue weighted by Crippen LogP contribution is -2.05. The summed E-state index contributed by atoms with van der Waals surface area (Å²) in [6, 6.07) is 0. The number of aliphatic hydroxyl groups is 1. The Kier molecular flexibility index (Phi) is 9.73. The summed E-state index contributed by atoms with van der Waals surface area (Å²) in [5.41, 5.74) is 0. The van der Waals surface area contributed by atoms with E-state index in [2.05, 4.69) is 11.3 Å². The number of carboxylic acid groups (broad SMARTS) is 2. The van der Waals surface area contributed by atoms with E-state index < -0.39 is 23.7 Å². The van der Waals surface area contributed by atoms with Crippen molar-refractivity contribution in [1.82, 2.24) is 0 Å². The fourth-order valence-electron chi connectivity index (χ4n) is 0.428. The van der Waals surface area contributed by atoms with Crippen LogP contribution in [0, 0.1) is 0 Å². The van der Waals surface area contributed by atoms with E-state index in [1.165, 1.54) is 0 Å². The molecule has 7 nitrogen and oxygen atoms in total. The maximum atomic E-state index is 10.2. The molecule has 0 saturated heterocycles. The van der Waals surface area contributed by atoms with Gasteiger partial charge in [0.2, 0.25) is 0 Å². The molecule has 0 aromatic rings. The number of rotatable bonds is 5. The minimum atomic E-state index is -1.08. The minimum absolute atomic E-state index is 0.262. The first kappa shape index (κ1) is 16.4. The number of carbonyl (C=O) groups excluding carboxylic acids is 1. The molecule has 0 heterocycles. The summed E-state index contributed by atoms with van der Waals surface area (Å²) in [5, 5.41) is 24.1. The van der Waals surface area contributed by atoms with E-state index >= 15 is 0 Å². The smallest absolute Gasteiger partial charge is 0.372 e. The van der Waals surface area contributed by atoms with Crippen LogP contribution >= 0.6 is 0 Å². The Bertz CT molecular complexity index is 255. The van der Waals surface area contributed by atoms with Crippen molar-refractivity contribution in [2.24, 2.45) is 0 Å². The predicted octanol–water partition coefficient (Wildman–Crippen LogP) is 0.557. The topological polar surface area (TPSA) is 121 Å². The fourth-order valence-corrected chi connectivity index (χ4v) is 0.428. The molecule has 0 rings (SSSR count). The third kappa shape index (κ3) is 14.5. The van der Waals surface area contributed by atoms with Crippen molar-refractivity contribution >= 4 is 17.9 Å². The highest BCUT2D eigenvalue weighted by molar-refractivity contribution is 5.84. The monoisotopic (exact) mass is 234 g/mol. The maximum Gasteiger partial charge on any atom is 0.372 e. The van der Waals surface area contributed by atoms with Crippen LogP contribution in [0.3, 0.4) is 0 Å². The van der Waals surface area contributed by atoms with Crippen molar-refractivity contribution in [2.45, 2.75) is 19.8 Å². The van der Waals surface area contributed by atoms with Gasteiger partial charge < -0.3 is 20.1 Å². The second kappa shape index (κ2) is 9.50. The molecular formula is C9H14O7. The number of esters is 1. The van der Waals surface area contributed by atoms with E-state index in [9.17, 15) is 14.4 Å². The van der Waals surface area contributed by atoms with Gasteiger partial charge in [0.05, 0.1) is 19.4 Å². The summed E-state index contributed by atoms with van der Waals surface area (Å²) >= 11 is 0. The van der Waals surface area contributed by atoms with Crippen LogP contribution in [0.2, 0.25) is 0 Å². The van der Waals surface area contributed by atoms with E-state index in [-0.39, 0.29) is 19.4 Å². The fraction of sp³-hybridized carbons (Fsp3) is 0.444. The van der Waals surface area contributed by atoms with Gasteiger partial charge in [0.25, 0.3) is 0 Å². The molecule has 7 heteroatoms. The van der Waals surface area contributed by atoms with E-state index in [1.807, 2.05) is 0 Å². The van der Waals surface area contributed by atoms with Gasteiger partial charge in [0, 0.05) is 0 Å². The largest absolute Gasteiger partial charge is 0.502 e. The highest BCUT2D eigenvalue weighted by Crippen LogP contribution is 1.86. The number of carbonyl (C=O) groups is 3. The van der Waals surface area contributed by atoms with Crippen molar-refractivity contribution in [3.05, 3.63) is 12.3 Å². The predicted molar refractivity (Wildman–Crippen MR) is 52.9 cm³/mol. The van der Waals surface area contributed by atoms with Crippen LogP contribution in [0.1, 0.15) is 19.8 Å². The van der Waals surface area contributed by atoms with Crippen molar-refractivity contribution in [3.63, 3.8) is 0 Å². The summed E-state index contributed by atoms with van der Waals surface area (Å²) in [4.78, 5) is 29.5. The van der Waals surface area contributed by atoms with Crippen molar-refractivity contribution < 1.29 is 34.4 Å². The Morgan fingerprint density at radius 2 is 1.44 bits per heavy atom. The SMILES string of the molecule is C=C(O)C(=O)OCC.O=C(O)CCC(=O)O. The van der Waals surface area contributed by atoms with Crippen LogP contribution in [-0.2, 0) is 19.1 Å². The Morgan fingerprint density at radius 3 is 1.56 bits per heavy atom. The van der Waals surface area contributed by atoms with Crippen LogP contribution in [0.25, 0.3) is 0 Å². The van der Waals surface area contributed by atoms with Gasteiger partial charge in [0.1, 0.15) is 0 Å². The Morgan fingerprint density at radius 1 is 1.06 bits per heavy atom. The molecule has 0 aromatic carbocycles. The van der Waals surface area contributed by atoms with Crippen LogP contribution in [0.15, 0.2) is 12.3 Å². The second-order valence-corrected chi connectivity index (χ2v) is 2.45. The summed E-state index contributed by atoms with van der Waals surface area (Å²) in [5.74, 6) is -3.46. The van der Waals surface area contributed by atoms with E-state index in [0.717, 1.165) is 0 Å². The molecule has 0 bridgehead atoms. The summed E-state index contributed by atoms with van der Waals surface area (Å²) in [7, 11) is 0. The van der Waals surface area contributed by atoms with Gasteiger partial charge in [-0.15, -0.1) is 0 Å². The molecule has 92 valence electrons. The van der Waals surface area contributed by atoms with E-state index in [4.69, 9.17) is 15.3 Å². The zero-order valence-corrected chi connectivity index (χ0v) is 8.80. The molecule has 3 N–H and O–H groups in total. The Labute approximate surface area is 92.0 Å². The average molecular weight is 234 g/mol. The molecule has 0 unspecified atom stereocenters. The van der Waals surface area contributed by atoms with Gasteiger partial charge in [-0.05, 0) is 13.5 Å². The van der Waals surface area contributed by atoms with Crippen LogP contribution in [0.4, 0.5) is 0 Å². The van der Waals surface area contributed by atoms with Crippen molar-refractivity contribution in [3.8, 4) is 0 Å².